The van der Waals surface area contributed by atoms with E-state index in [1.54, 1.807) is 0 Å². The number of rotatable bonds is 10. The molecule has 31 heavy (non-hydrogen) atoms. The van der Waals surface area contributed by atoms with Crippen LogP contribution in [0.3, 0.4) is 0 Å². The van der Waals surface area contributed by atoms with Gasteiger partial charge < -0.3 is 10.2 Å². The van der Waals surface area contributed by atoms with E-state index in [4.69, 9.17) is 16.6 Å². The minimum atomic E-state index is 0.380. The molecule has 0 saturated carbocycles. The topological polar surface area (TPSA) is 28.2 Å². The lowest BCUT2D eigenvalue weighted by Gasteiger charge is -2.21. The van der Waals surface area contributed by atoms with Crippen molar-refractivity contribution in [2.75, 3.05) is 25.0 Å². The van der Waals surface area contributed by atoms with Crippen molar-refractivity contribution in [1.82, 2.24) is 9.88 Å². The van der Waals surface area contributed by atoms with Gasteiger partial charge >= 0.3 is 0 Å². The van der Waals surface area contributed by atoms with Crippen molar-refractivity contribution in [2.45, 2.75) is 46.6 Å². The average molecular weight is 436 g/mol. The van der Waals surface area contributed by atoms with Gasteiger partial charge in [0.1, 0.15) is 0 Å². The monoisotopic (exact) mass is 435 g/mol. The molecule has 1 heterocycles. The van der Waals surface area contributed by atoms with Crippen LogP contribution >= 0.6 is 11.6 Å². The predicted octanol–water partition coefficient (Wildman–Crippen LogP) is 7.29. The van der Waals surface area contributed by atoms with Crippen LogP contribution in [-0.2, 0) is 0 Å². The van der Waals surface area contributed by atoms with E-state index in [0.717, 1.165) is 53.9 Å². The second kappa shape index (κ2) is 11.3. The number of benzene rings is 2. The summed E-state index contributed by atoms with van der Waals surface area (Å²) < 4.78 is 0. The van der Waals surface area contributed by atoms with Gasteiger partial charge in [-0.3, -0.25) is 0 Å². The largest absolute Gasteiger partial charge is 0.382 e. The summed E-state index contributed by atoms with van der Waals surface area (Å²) in [6, 6.07) is 17.0. The van der Waals surface area contributed by atoms with Gasteiger partial charge in [0, 0.05) is 22.1 Å². The van der Waals surface area contributed by atoms with Crippen molar-refractivity contribution in [1.29, 1.82) is 0 Å². The lowest BCUT2D eigenvalue weighted by Crippen LogP contribution is -2.25. The first-order valence-electron chi connectivity index (χ1n) is 11.3. The first-order chi connectivity index (χ1) is 15.0. The summed E-state index contributed by atoms with van der Waals surface area (Å²) in [4.78, 5) is 7.30. The molecule has 3 aromatic rings. The maximum atomic E-state index is 6.26. The summed E-state index contributed by atoms with van der Waals surface area (Å²) in [5, 5.41) is 5.54. The predicted molar refractivity (Wildman–Crippen MR) is 137 cm³/mol. The van der Waals surface area contributed by atoms with E-state index < -0.39 is 0 Å². The van der Waals surface area contributed by atoms with Gasteiger partial charge in [-0.05, 0) is 82.2 Å². The van der Waals surface area contributed by atoms with Crippen molar-refractivity contribution in [3.8, 4) is 0 Å². The molecule has 4 heteroatoms. The van der Waals surface area contributed by atoms with Crippen LogP contribution < -0.4 is 5.32 Å². The van der Waals surface area contributed by atoms with Crippen LogP contribution in [0.2, 0.25) is 5.02 Å². The number of fused-ring (bicyclic) bond motifs is 1. The van der Waals surface area contributed by atoms with E-state index in [0.29, 0.717) is 11.1 Å². The fourth-order valence-electron chi connectivity index (χ4n) is 3.78. The molecule has 1 unspecified atom stereocenters. The van der Waals surface area contributed by atoms with Gasteiger partial charge in [-0.1, -0.05) is 61.4 Å². The zero-order valence-electron chi connectivity index (χ0n) is 19.2. The third kappa shape index (κ3) is 6.81. The highest BCUT2D eigenvalue weighted by molar-refractivity contribution is 6.31. The van der Waals surface area contributed by atoms with E-state index >= 15 is 0 Å². The van der Waals surface area contributed by atoms with Gasteiger partial charge in [0.05, 0.1) is 11.2 Å². The van der Waals surface area contributed by atoms with Crippen LogP contribution in [-0.4, -0.2) is 35.6 Å². The number of halogens is 1. The van der Waals surface area contributed by atoms with Crippen LogP contribution in [0.25, 0.3) is 23.1 Å². The summed E-state index contributed by atoms with van der Waals surface area (Å²) >= 11 is 6.26. The highest BCUT2D eigenvalue weighted by atomic mass is 35.5. The van der Waals surface area contributed by atoms with Crippen LogP contribution in [0.1, 0.15) is 50.4 Å². The second-order valence-corrected chi connectivity index (χ2v) is 8.65. The van der Waals surface area contributed by atoms with Gasteiger partial charge in [-0.25, -0.2) is 4.98 Å². The molecule has 0 fully saturated rings. The lowest BCUT2D eigenvalue weighted by atomic mass is 10.1. The summed E-state index contributed by atoms with van der Waals surface area (Å²) in [6.07, 6.45) is 6.49. The first kappa shape index (κ1) is 23.3. The minimum absolute atomic E-state index is 0.380. The van der Waals surface area contributed by atoms with Crippen molar-refractivity contribution >= 4 is 40.3 Å². The van der Waals surface area contributed by atoms with Crippen molar-refractivity contribution in [2.24, 2.45) is 0 Å². The molecule has 3 rings (SSSR count). The molecule has 0 bridgehead atoms. The van der Waals surface area contributed by atoms with Gasteiger partial charge in [-0.15, -0.1) is 0 Å². The molecule has 0 radical (unpaired) electrons. The standard InChI is InChI=1S/C27H34ClN3/c1-5-31(6-2)17-7-8-21(4)29-27-19-24(15-13-22-11-9-20(3)10-12-22)30-26-18-23(28)14-16-25(26)27/h9-16,18-19,21H,5-8,17H2,1-4H3,(H,29,30)/b15-13+. The number of nitrogens with zero attached hydrogens (tertiary/aromatic N) is 2. The quantitative estimate of drug-likeness (QED) is 0.362. The third-order valence-corrected chi connectivity index (χ3v) is 5.96. The number of aromatic nitrogens is 1. The van der Waals surface area contributed by atoms with Gasteiger partial charge in [0.2, 0.25) is 0 Å². The smallest absolute Gasteiger partial charge is 0.0744 e. The van der Waals surface area contributed by atoms with Gasteiger partial charge in [0.25, 0.3) is 0 Å². The number of hydrogen-bond donors (Lipinski definition) is 1. The highest BCUT2D eigenvalue weighted by Crippen LogP contribution is 2.28. The Labute approximate surface area is 192 Å². The molecule has 0 aliphatic rings. The zero-order chi connectivity index (χ0) is 22.2. The summed E-state index contributed by atoms with van der Waals surface area (Å²) in [5.74, 6) is 0. The van der Waals surface area contributed by atoms with E-state index in [9.17, 15) is 0 Å². The zero-order valence-corrected chi connectivity index (χ0v) is 19.9. The Bertz CT molecular complexity index is 1010. The van der Waals surface area contributed by atoms with E-state index in [2.05, 4.69) is 86.5 Å². The molecule has 1 N–H and O–H groups in total. The number of nitrogens with one attached hydrogen (secondary N) is 1. The highest BCUT2D eigenvalue weighted by Gasteiger charge is 2.09. The molecule has 0 aliphatic heterocycles. The summed E-state index contributed by atoms with van der Waals surface area (Å²) in [5.41, 5.74) is 5.38. The number of hydrogen-bond acceptors (Lipinski definition) is 3. The Morgan fingerprint density at radius 3 is 2.48 bits per heavy atom. The second-order valence-electron chi connectivity index (χ2n) is 8.21. The number of anilines is 1. The molecular weight excluding hydrogens is 402 g/mol. The van der Waals surface area contributed by atoms with Crippen LogP contribution in [0, 0.1) is 6.92 Å². The summed E-state index contributed by atoms with van der Waals surface area (Å²) in [6.45, 7) is 12.2. The molecule has 164 valence electrons. The molecule has 1 atom stereocenters. The Morgan fingerprint density at radius 1 is 1.03 bits per heavy atom. The normalized spacial score (nSPS) is 12.7. The fourth-order valence-corrected chi connectivity index (χ4v) is 3.95. The van der Waals surface area contributed by atoms with Crippen LogP contribution in [0.5, 0.6) is 0 Å². The molecule has 0 spiro atoms. The Hall–Kier alpha value is -2.36. The van der Waals surface area contributed by atoms with Gasteiger partial charge in [0.15, 0.2) is 0 Å². The van der Waals surface area contributed by atoms with E-state index in [1.165, 1.54) is 12.0 Å². The molecular formula is C27H34ClN3. The van der Waals surface area contributed by atoms with Gasteiger partial charge in [-0.2, -0.15) is 0 Å². The number of aryl methyl sites for hydroxylation is 1. The Kier molecular flexibility index (Phi) is 8.51. The van der Waals surface area contributed by atoms with Crippen LogP contribution in [0.15, 0.2) is 48.5 Å². The third-order valence-electron chi connectivity index (χ3n) is 5.72. The first-order valence-corrected chi connectivity index (χ1v) is 11.7. The molecule has 0 saturated heterocycles. The SMILES string of the molecule is CCN(CC)CCCC(C)Nc1cc(/C=C/c2ccc(C)cc2)nc2cc(Cl)ccc12. The van der Waals surface area contributed by atoms with Crippen molar-refractivity contribution in [3.05, 3.63) is 70.4 Å². The maximum Gasteiger partial charge on any atom is 0.0744 e. The van der Waals surface area contributed by atoms with Crippen LogP contribution in [0.4, 0.5) is 5.69 Å². The number of pyridine rings is 1. The van der Waals surface area contributed by atoms with Crippen molar-refractivity contribution in [3.63, 3.8) is 0 Å². The lowest BCUT2D eigenvalue weighted by molar-refractivity contribution is 0.295. The van der Waals surface area contributed by atoms with Crippen molar-refractivity contribution < 1.29 is 0 Å². The maximum absolute atomic E-state index is 6.26. The average Bonchev–Trinajstić information content (AvgIpc) is 2.76. The Morgan fingerprint density at radius 2 is 1.77 bits per heavy atom. The molecule has 1 aromatic heterocycles. The molecule has 3 nitrogen and oxygen atoms in total. The van der Waals surface area contributed by atoms with E-state index in [1.807, 2.05) is 12.1 Å². The molecule has 2 aromatic carbocycles. The summed E-state index contributed by atoms with van der Waals surface area (Å²) in [7, 11) is 0. The van der Waals surface area contributed by atoms with E-state index in [-0.39, 0.29) is 0 Å². The molecule has 0 amide bonds. The molecule has 0 aliphatic carbocycles. The minimum Gasteiger partial charge on any atom is -0.382 e. The Balaban J connectivity index is 1.79. The fraction of sp³-hybridized carbons (Fsp3) is 0.370.